The fourth-order valence-corrected chi connectivity index (χ4v) is 3.32. The van der Waals surface area contributed by atoms with Crippen LogP contribution in [0, 0.1) is 18.4 Å². The molecule has 1 aromatic carbocycles. The average Bonchev–Trinajstić information content (AvgIpc) is 2.72. The molecule has 0 bridgehead atoms. The van der Waals surface area contributed by atoms with Gasteiger partial charge < -0.3 is 15.4 Å². The van der Waals surface area contributed by atoms with E-state index >= 15 is 0 Å². The predicted octanol–water partition coefficient (Wildman–Crippen LogP) is 4.56. The molecule has 0 spiro atoms. The predicted molar refractivity (Wildman–Crippen MR) is 135 cm³/mol. The minimum Gasteiger partial charge on any atom is -0.444 e. The number of aryl methyl sites for hydroxylation is 1. The summed E-state index contributed by atoms with van der Waals surface area (Å²) in [6.07, 6.45) is 6.54. The highest BCUT2D eigenvalue weighted by Crippen LogP contribution is 2.25. The first-order valence-corrected chi connectivity index (χ1v) is 11.8. The van der Waals surface area contributed by atoms with Gasteiger partial charge in [0, 0.05) is 11.6 Å². The second kappa shape index (κ2) is 11.9. The van der Waals surface area contributed by atoms with Gasteiger partial charge in [-0.1, -0.05) is 57.9 Å². The van der Waals surface area contributed by atoms with E-state index in [-0.39, 0.29) is 5.92 Å². The van der Waals surface area contributed by atoms with Crippen LogP contribution in [-0.4, -0.2) is 40.0 Å². The summed E-state index contributed by atoms with van der Waals surface area (Å²) in [7, 11) is 0. The van der Waals surface area contributed by atoms with Gasteiger partial charge in [-0.25, -0.2) is 4.79 Å². The Morgan fingerprint density at radius 1 is 1.06 bits per heavy atom. The number of amides is 3. The highest BCUT2D eigenvalue weighted by atomic mass is 16.6. The van der Waals surface area contributed by atoms with Gasteiger partial charge in [-0.15, -0.1) is 0 Å². The summed E-state index contributed by atoms with van der Waals surface area (Å²) in [6, 6.07) is 7.83. The van der Waals surface area contributed by atoms with Crippen molar-refractivity contribution in [3.63, 3.8) is 0 Å². The molecule has 0 saturated carbocycles. The number of hydrogen-bond acceptors (Lipinski definition) is 4. The topological polar surface area (TPSA) is 87.7 Å². The van der Waals surface area contributed by atoms with Crippen LogP contribution in [0.4, 0.5) is 4.79 Å². The van der Waals surface area contributed by atoms with Crippen LogP contribution in [0.5, 0.6) is 0 Å². The lowest BCUT2D eigenvalue weighted by atomic mass is 9.95. The van der Waals surface area contributed by atoms with Gasteiger partial charge in [0.25, 0.3) is 5.91 Å². The lowest BCUT2D eigenvalue weighted by molar-refractivity contribution is -0.140. The molecule has 0 aliphatic rings. The smallest absolute Gasteiger partial charge is 0.408 e. The molecule has 0 aromatic heterocycles. The van der Waals surface area contributed by atoms with Gasteiger partial charge in [0.2, 0.25) is 5.91 Å². The summed E-state index contributed by atoms with van der Waals surface area (Å²) < 4.78 is 5.36. The molecule has 3 amide bonds. The Balaban J connectivity index is 3.44. The van der Waals surface area contributed by atoms with E-state index < -0.39 is 41.1 Å². The first-order chi connectivity index (χ1) is 15.6. The molecule has 0 fully saturated rings. The van der Waals surface area contributed by atoms with Crippen molar-refractivity contribution in [3.8, 4) is 12.5 Å². The van der Waals surface area contributed by atoms with E-state index in [9.17, 15) is 14.4 Å². The normalized spacial score (nSPS) is 14.2. The fraction of sp³-hybridized carbons (Fsp3) is 0.593. The zero-order chi connectivity index (χ0) is 26.3. The summed E-state index contributed by atoms with van der Waals surface area (Å²) >= 11 is 0. The van der Waals surface area contributed by atoms with Gasteiger partial charge >= 0.3 is 6.09 Å². The monoisotopic (exact) mass is 471 g/mol. The Kier molecular flexibility index (Phi) is 10.2. The van der Waals surface area contributed by atoms with Gasteiger partial charge in [-0.3, -0.25) is 14.5 Å². The Hall–Kier alpha value is -3.01. The number of ether oxygens (including phenoxy) is 1. The van der Waals surface area contributed by atoms with Crippen molar-refractivity contribution in [1.82, 2.24) is 15.5 Å². The van der Waals surface area contributed by atoms with Crippen LogP contribution in [0.15, 0.2) is 24.3 Å². The minimum atomic E-state index is -1.06. The Morgan fingerprint density at radius 2 is 1.62 bits per heavy atom. The van der Waals surface area contributed by atoms with Crippen molar-refractivity contribution in [2.24, 2.45) is 5.92 Å². The zero-order valence-electron chi connectivity index (χ0n) is 22.1. The average molecular weight is 472 g/mol. The SMILES string of the molecule is C#CN(C(=O)C(NC(=O)OC(C)(C)C)C(C)CC)C(C(=O)NC(C)(C)C)c1ccc(CC)cc1. The molecule has 7 heteroatoms. The van der Waals surface area contributed by atoms with Gasteiger partial charge in [0.15, 0.2) is 0 Å². The van der Waals surface area contributed by atoms with Crippen LogP contribution < -0.4 is 10.6 Å². The minimum absolute atomic E-state index is 0.246. The molecule has 3 unspecified atom stereocenters. The maximum atomic E-state index is 13.7. The van der Waals surface area contributed by atoms with Crippen LogP contribution in [0.3, 0.4) is 0 Å². The molecule has 0 heterocycles. The van der Waals surface area contributed by atoms with E-state index in [1.54, 1.807) is 20.8 Å². The zero-order valence-corrected chi connectivity index (χ0v) is 22.1. The first kappa shape index (κ1) is 29.0. The van der Waals surface area contributed by atoms with Crippen LogP contribution >= 0.6 is 0 Å². The van der Waals surface area contributed by atoms with E-state index in [4.69, 9.17) is 11.2 Å². The maximum absolute atomic E-state index is 13.7. The molecule has 1 rings (SSSR count). The van der Waals surface area contributed by atoms with Gasteiger partial charge in [0.05, 0.1) is 0 Å². The lowest BCUT2D eigenvalue weighted by Crippen LogP contribution is -2.55. The van der Waals surface area contributed by atoms with Crippen LogP contribution in [0.2, 0.25) is 0 Å². The maximum Gasteiger partial charge on any atom is 0.408 e. The molecular formula is C27H41N3O4. The highest BCUT2D eigenvalue weighted by Gasteiger charge is 2.38. The first-order valence-electron chi connectivity index (χ1n) is 11.8. The highest BCUT2D eigenvalue weighted by molar-refractivity contribution is 5.93. The third kappa shape index (κ3) is 8.74. The van der Waals surface area contributed by atoms with Crippen molar-refractivity contribution in [3.05, 3.63) is 35.4 Å². The van der Waals surface area contributed by atoms with Crippen LogP contribution in [0.25, 0.3) is 0 Å². The summed E-state index contributed by atoms with van der Waals surface area (Å²) in [6.45, 7) is 16.6. The molecule has 0 aliphatic carbocycles. The number of nitrogens with zero attached hydrogens (tertiary/aromatic N) is 1. The summed E-state index contributed by atoms with van der Waals surface area (Å²) in [5, 5.41) is 5.60. The van der Waals surface area contributed by atoms with Crippen molar-refractivity contribution in [2.45, 2.75) is 98.4 Å². The Bertz CT molecular complexity index is 888. The fourth-order valence-electron chi connectivity index (χ4n) is 3.32. The molecule has 188 valence electrons. The molecule has 2 N–H and O–H groups in total. The van der Waals surface area contributed by atoms with Crippen LogP contribution in [0.1, 0.15) is 85.9 Å². The van der Waals surface area contributed by atoms with Gasteiger partial charge in [0.1, 0.15) is 17.7 Å². The van der Waals surface area contributed by atoms with E-state index in [1.165, 1.54) is 0 Å². The quantitative estimate of drug-likeness (QED) is 0.430. The number of alkyl carbamates (subject to hydrolysis) is 1. The third-order valence-corrected chi connectivity index (χ3v) is 5.24. The van der Waals surface area contributed by atoms with E-state index in [0.717, 1.165) is 16.9 Å². The number of benzene rings is 1. The molecular weight excluding hydrogens is 430 g/mol. The van der Waals surface area contributed by atoms with Crippen molar-refractivity contribution < 1.29 is 19.1 Å². The lowest BCUT2D eigenvalue weighted by Gasteiger charge is -2.34. The molecule has 0 saturated heterocycles. The van der Waals surface area contributed by atoms with Crippen molar-refractivity contribution in [2.75, 3.05) is 0 Å². The Morgan fingerprint density at radius 3 is 2.03 bits per heavy atom. The number of carbonyl (C=O) groups is 3. The number of nitrogens with one attached hydrogen (secondary N) is 2. The summed E-state index contributed by atoms with van der Waals surface area (Å²) in [5.41, 5.74) is 0.425. The number of carbonyl (C=O) groups excluding carboxylic acids is 3. The molecule has 3 atom stereocenters. The van der Waals surface area contributed by atoms with Gasteiger partial charge in [-0.05, 0) is 65.0 Å². The molecule has 0 radical (unpaired) electrons. The summed E-state index contributed by atoms with van der Waals surface area (Å²) in [4.78, 5) is 40.7. The molecule has 0 aliphatic heterocycles. The number of terminal acetylenes is 1. The number of rotatable bonds is 8. The number of hydrogen-bond donors (Lipinski definition) is 2. The largest absolute Gasteiger partial charge is 0.444 e. The van der Waals surface area contributed by atoms with E-state index in [0.29, 0.717) is 12.0 Å². The Labute approximate surface area is 205 Å². The van der Waals surface area contributed by atoms with Crippen LogP contribution in [-0.2, 0) is 20.7 Å². The standard InChI is InChI=1S/C27H41N3O4/c1-11-18(4)21(28-25(33)34-27(8,9)10)24(32)30(13-3)22(23(31)29-26(5,6)7)20-16-14-19(12-2)15-17-20/h3,14-18,21-22H,11-12H2,1-2,4-10H3,(H,28,33)(H,29,31). The second-order valence-corrected chi connectivity index (χ2v) is 10.6. The second-order valence-electron chi connectivity index (χ2n) is 10.6. The van der Waals surface area contributed by atoms with E-state index in [2.05, 4.69) is 16.7 Å². The molecule has 34 heavy (non-hydrogen) atoms. The van der Waals surface area contributed by atoms with Gasteiger partial charge in [-0.2, -0.15) is 0 Å². The molecule has 1 aromatic rings. The van der Waals surface area contributed by atoms with Crippen molar-refractivity contribution >= 4 is 17.9 Å². The summed E-state index contributed by atoms with van der Waals surface area (Å²) in [5.74, 6) is -1.19. The molecule has 7 nitrogen and oxygen atoms in total. The van der Waals surface area contributed by atoms with Crippen molar-refractivity contribution in [1.29, 1.82) is 0 Å². The van der Waals surface area contributed by atoms with E-state index in [1.807, 2.05) is 65.8 Å². The third-order valence-electron chi connectivity index (χ3n) is 5.24.